The van der Waals surface area contributed by atoms with E-state index in [-0.39, 0.29) is 6.10 Å². The first-order chi connectivity index (χ1) is 5.24. The fourth-order valence-electron chi connectivity index (χ4n) is 1.02. The average Bonchev–Trinajstić information content (AvgIpc) is 2.05. The van der Waals surface area contributed by atoms with Crippen LogP contribution in [0.3, 0.4) is 0 Å². The zero-order valence-electron chi connectivity index (χ0n) is 7.04. The zero-order valence-corrected chi connectivity index (χ0v) is 9.04. The van der Waals surface area contributed by atoms with Gasteiger partial charge in [-0.2, -0.15) is 0 Å². The van der Waals surface area contributed by atoms with E-state index in [1.165, 1.54) is 5.19 Å². The van der Waals surface area contributed by atoms with Crippen molar-refractivity contribution >= 4 is 15.4 Å². The van der Waals surface area contributed by atoms with E-state index in [0.29, 0.717) is 0 Å². The molecule has 1 unspecified atom stereocenters. The van der Waals surface area contributed by atoms with Crippen molar-refractivity contribution in [2.45, 2.75) is 19.4 Å². The predicted molar refractivity (Wildman–Crippen MR) is 51.3 cm³/mol. The second-order valence-corrected chi connectivity index (χ2v) is 3.99. The van der Waals surface area contributed by atoms with Crippen molar-refractivity contribution in [2.75, 3.05) is 0 Å². The minimum atomic E-state index is -0.280. The van der Waals surface area contributed by atoms with Gasteiger partial charge in [-0.1, -0.05) is 36.4 Å². The van der Waals surface area contributed by atoms with Gasteiger partial charge in [0.05, 0.1) is 6.10 Å². The van der Waals surface area contributed by atoms with Crippen LogP contribution in [0.1, 0.15) is 25.0 Å². The van der Waals surface area contributed by atoms with Crippen molar-refractivity contribution in [1.82, 2.24) is 0 Å². The van der Waals surface area contributed by atoms with Crippen LogP contribution in [0.4, 0.5) is 0 Å². The van der Waals surface area contributed by atoms with Crippen molar-refractivity contribution < 1.29 is 5.11 Å². The maximum atomic E-state index is 9.43. The molecule has 0 amide bonds. The summed E-state index contributed by atoms with van der Waals surface area (Å²) in [6.45, 7) is 1.99. The third-order valence-electron chi connectivity index (χ3n) is 1.85. The summed E-state index contributed by atoms with van der Waals surface area (Å²) in [5.41, 5.74) is 1.03. The van der Waals surface area contributed by atoms with Gasteiger partial charge in [0, 0.05) is 10.2 Å². The third kappa shape index (κ3) is 2.17. The molecule has 0 saturated heterocycles. The van der Waals surface area contributed by atoms with Crippen LogP contribution in [0.15, 0.2) is 24.3 Å². The van der Waals surface area contributed by atoms with Gasteiger partial charge in [0.2, 0.25) is 0 Å². The van der Waals surface area contributed by atoms with E-state index in [2.05, 4.69) is 12.1 Å². The lowest BCUT2D eigenvalue weighted by molar-refractivity contribution is 0.173. The van der Waals surface area contributed by atoms with E-state index in [9.17, 15) is 5.11 Å². The number of aliphatic hydroxyl groups is 1. The van der Waals surface area contributed by atoms with Crippen molar-refractivity contribution in [3.8, 4) is 0 Å². The Labute approximate surface area is 70.5 Å². The van der Waals surface area contributed by atoms with Crippen LogP contribution >= 0.6 is 0 Å². The molecule has 0 heterocycles. The summed E-state index contributed by atoms with van der Waals surface area (Å²) < 4.78 is 0. The van der Waals surface area contributed by atoms with Crippen molar-refractivity contribution in [3.63, 3.8) is 0 Å². The van der Waals surface area contributed by atoms with E-state index < -0.39 is 0 Å². The summed E-state index contributed by atoms with van der Waals surface area (Å²) in [4.78, 5) is 0. The lowest BCUT2D eigenvalue weighted by Crippen LogP contribution is -2.02. The molecule has 1 nitrogen and oxygen atoms in total. The molecular weight excluding hydrogens is 152 g/mol. The van der Waals surface area contributed by atoms with Gasteiger partial charge in [-0.15, -0.1) is 0 Å². The second kappa shape index (κ2) is 3.69. The molecule has 1 aromatic carbocycles. The quantitative estimate of drug-likeness (QED) is 0.619. The maximum absolute atomic E-state index is 9.43. The Morgan fingerprint density at radius 3 is 2.36 bits per heavy atom. The monoisotopic (exact) mass is 166 g/mol. The highest BCUT2D eigenvalue weighted by atomic mass is 28.1. The highest BCUT2D eigenvalue weighted by Gasteiger charge is 2.01. The minimum Gasteiger partial charge on any atom is -0.388 e. The molecule has 0 saturated carbocycles. The summed E-state index contributed by atoms with van der Waals surface area (Å²) in [6.07, 6.45) is 0.512. The summed E-state index contributed by atoms with van der Waals surface area (Å²) in [7, 11) is 1.09. The molecule has 1 aromatic rings. The number of aliphatic hydroxyl groups excluding tert-OH is 1. The van der Waals surface area contributed by atoms with Crippen LogP contribution in [0.5, 0.6) is 0 Å². The van der Waals surface area contributed by atoms with Crippen LogP contribution in [0.25, 0.3) is 0 Å². The Bertz CT molecular complexity index is 218. The number of hydrogen-bond donors (Lipinski definition) is 1. The van der Waals surface area contributed by atoms with Crippen molar-refractivity contribution in [1.29, 1.82) is 0 Å². The Morgan fingerprint density at radius 2 is 1.91 bits per heavy atom. The van der Waals surface area contributed by atoms with Gasteiger partial charge in [0.1, 0.15) is 0 Å². The molecule has 11 heavy (non-hydrogen) atoms. The number of rotatable bonds is 2. The Morgan fingerprint density at radius 1 is 1.36 bits per heavy atom. The van der Waals surface area contributed by atoms with Gasteiger partial charge >= 0.3 is 0 Å². The molecule has 0 aliphatic carbocycles. The van der Waals surface area contributed by atoms with E-state index in [0.717, 1.165) is 22.2 Å². The van der Waals surface area contributed by atoms with Gasteiger partial charge in [-0.05, 0) is 12.0 Å². The lowest BCUT2D eigenvalue weighted by Gasteiger charge is -2.07. The van der Waals surface area contributed by atoms with Gasteiger partial charge in [0.15, 0.2) is 0 Å². The summed E-state index contributed by atoms with van der Waals surface area (Å²) in [5, 5.41) is 10.8. The first kappa shape index (κ1) is 8.49. The van der Waals surface area contributed by atoms with Crippen LogP contribution in [0, 0.1) is 0 Å². The first-order valence-corrected chi connectivity index (χ1v) is 4.98. The molecule has 0 bridgehead atoms. The van der Waals surface area contributed by atoms with Crippen LogP contribution < -0.4 is 5.19 Å². The van der Waals surface area contributed by atoms with E-state index in [4.69, 9.17) is 0 Å². The summed E-state index contributed by atoms with van der Waals surface area (Å²) in [6, 6.07) is 8.19. The van der Waals surface area contributed by atoms with Crippen LogP contribution in [-0.4, -0.2) is 15.3 Å². The van der Waals surface area contributed by atoms with Crippen molar-refractivity contribution in [3.05, 3.63) is 29.8 Å². The highest BCUT2D eigenvalue weighted by Crippen LogP contribution is 2.13. The van der Waals surface area contributed by atoms with Crippen molar-refractivity contribution in [2.24, 2.45) is 0 Å². The fraction of sp³-hybridized carbons (Fsp3) is 0.333. The Hall–Kier alpha value is -0.603. The predicted octanol–water partition coefficient (Wildman–Crippen LogP) is 0.121. The number of hydrogen-bond acceptors (Lipinski definition) is 1. The normalized spacial score (nSPS) is 13.3. The zero-order chi connectivity index (χ0) is 8.27. The van der Waals surface area contributed by atoms with Gasteiger partial charge in [-0.25, -0.2) is 0 Å². The molecule has 0 radical (unpaired) electrons. The molecule has 2 heteroatoms. The first-order valence-electron chi connectivity index (χ1n) is 3.98. The molecular formula is C9H14OSi. The molecule has 1 N–H and O–H groups in total. The lowest BCUT2D eigenvalue weighted by atomic mass is 10.1. The topological polar surface area (TPSA) is 20.2 Å². The highest BCUT2D eigenvalue weighted by molar-refractivity contribution is 6.32. The molecule has 0 fully saturated rings. The molecule has 0 spiro atoms. The maximum Gasteiger partial charge on any atom is 0.0787 e. The molecule has 1 rings (SSSR count). The molecule has 60 valence electrons. The van der Waals surface area contributed by atoms with Gasteiger partial charge < -0.3 is 5.11 Å². The SMILES string of the molecule is CCC(O)c1ccc([SiH3])cc1. The van der Waals surface area contributed by atoms with Gasteiger partial charge in [0.25, 0.3) is 0 Å². The number of benzene rings is 1. The molecule has 0 aromatic heterocycles. The summed E-state index contributed by atoms with van der Waals surface area (Å²) in [5.74, 6) is 0. The van der Waals surface area contributed by atoms with E-state index in [1.54, 1.807) is 0 Å². The molecule has 0 aliphatic rings. The average molecular weight is 166 g/mol. The Kier molecular flexibility index (Phi) is 2.85. The third-order valence-corrected chi connectivity index (χ3v) is 2.52. The standard InChI is InChI=1S/C9H14OSi/c1-2-9(10)7-3-5-8(11)6-4-7/h3-6,9-10H,2H2,1,11H3. The largest absolute Gasteiger partial charge is 0.388 e. The molecule has 0 aliphatic heterocycles. The molecule has 1 atom stereocenters. The van der Waals surface area contributed by atoms with Crippen LogP contribution in [0.2, 0.25) is 0 Å². The van der Waals surface area contributed by atoms with E-state index >= 15 is 0 Å². The smallest absolute Gasteiger partial charge is 0.0787 e. The second-order valence-electron chi connectivity index (χ2n) is 2.83. The Balaban J connectivity index is 2.81. The fourth-order valence-corrected chi connectivity index (χ4v) is 1.36. The minimum absolute atomic E-state index is 0.280. The van der Waals surface area contributed by atoms with E-state index in [1.807, 2.05) is 19.1 Å². The van der Waals surface area contributed by atoms with Gasteiger partial charge in [-0.3, -0.25) is 0 Å². The van der Waals surface area contributed by atoms with Crippen LogP contribution in [-0.2, 0) is 0 Å². The summed E-state index contributed by atoms with van der Waals surface area (Å²) >= 11 is 0.